The van der Waals surface area contributed by atoms with Crippen LogP contribution in [0, 0.1) is 11.6 Å². The molecule has 0 saturated heterocycles. The third-order valence-corrected chi connectivity index (χ3v) is 2.74. The molecule has 94 valence electrons. The third-order valence-electron chi connectivity index (χ3n) is 2.31. The van der Waals surface area contributed by atoms with Crippen LogP contribution in [0.1, 0.15) is 13.3 Å². The summed E-state index contributed by atoms with van der Waals surface area (Å²) in [6, 6.07) is 2.48. The average Bonchev–Trinajstić information content (AvgIpc) is 2.35. The number of fused-ring (bicyclic) bond motifs is 1. The molecule has 2 rings (SSSR count). The number of hydrogen-bond acceptors (Lipinski definition) is 3. The Balaban J connectivity index is 2.63. The summed E-state index contributed by atoms with van der Waals surface area (Å²) in [5.41, 5.74) is 0.157. The average molecular weight is 316 g/mol. The van der Waals surface area contributed by atoms with Gasteiger partial charge in [-0.3, -0.25) is 9.78 Å². The molecule has 0 bridgehead atoms. The number of pyridine rings is 1. The van der Waals surface area contributed by atoms with E-state index in [-0.39, 0.29) is 17.3 Å². The lowest BCUT2D eigenvalue weighted by Gasteiger charge is -2.08. The van der Waals surface area contributed by atoms with E-state index in [2.05, 4.69) is 25.7 Å². The van der Waals surface area contributed by atoms with E-state index < -0.39 is 23.4 Å². The van der Waals surface area contributed by atoms with Crippen LogP contribution in [0.25, 0.3) is 10.9 Å². The molecule has 0 N–H and O–H groups in total. The molecule has 0 aliphatic rings. The molecule has 1 heterocycles. The van der Waals surface area contributed by atoms with Gasteiger partial charge in [0.1, 0.15) is 0 Å². The fourth-order valence-corrected chi connectivity index (χ4v) is 1.76. The van der Waals surface area contributed by atoms with Crippen molar-refractivity contribution in [2.75, 3.05) is 0 Å². The normalized spacial score (nSPS) is 10.7. The van der Waals surface area contributed by atoms with Crippen molar-refractivity contribution < 1.29 is 18.3 Å². The van der Waals surface area contributed by atoms with Crippen molar-refractivity contribution >= 4 is 32.8 Å². The molecule has 0 unspecified atom stereocenters. The minimum atomic E-state index is -0.948. The Morgan fingerprint density at radius 2 is 2.17 bits per heavy atom. The maximum absolute atomic E-state index is 14.0. The summed E-state index contributed by atoms with van der Waals surface area (Å²) in [6.45, 7) is 1.54. The number of aromatic nitrogens is 1. The number of halogens is 3. The molecule has 3 nitrogen and oxygen atoms in total. The molecular weight excluding hydrogens is 308 g/mol. The van der Waals surface area contributed by atoms with E-state index in [1.54, 1.807) is 0 Å². The first kappa shape index (κ1) is 12.9. The van der Waals surface area contributed by atoms with Crippen LogP contribution < -0.4 is 4.74 Å². The van der Waals surface area contributed by atoms with E-state index in [9.17, 15) is 13.6 Å². The van der Waals surface area contributed by atoms with Gasteiger partial charge in [0.2, 0.25) is 5.75 Å². The van der Waals surface area contributed by atoms with Crippen LogP contribution in [0.3, 0.4) is 0 Å². The predicted octanol–water partition coefficient (Wildman–Crippen LogP) is 3.59. The summed E-state index contributed by atoms with van der Waals surface area (Å²) in [6.07, 6.45) is 1.46. The lowest BCUT2D eigenvalue weighted by Crippen LogP contribution is -2.09. The van der Waals surface area contributed by atoms with Gasteiger partial charge in [0.15, 0.2) is 11.6 Å². The van der Waals surface area contributed by atoms with Gasteiger partial charge in [-0.25, -0.2) is 8.78 Å². The highest BCUT2D eigenvalue weighted by molar-refractivity contribution is 9.10. The number of carbonyl (C=O) groups is 1. The van der Waals surface area contributed by atoms with Crippen molar-refractivity contribution in [3.63, 3.8) is 0 Å². The molecule has 0 fully saturated rings. The van der Waals surface area contributed by atoms with Gasteiger partial charge in [-0.1, -0.05) is 6.92 Å². The van der Waals surface area contributed by atoms with Gasteiger partial charge >= 0.3 is 5.97 Å². The highest BCUT2D eigenvalue weighted by Gasteiger charge is 2.18. The Bertz CT molecular complexity index is 631. The molecule has 0 atom stereocenters. The Hall–Kier alpha value is -1.56. The van der Waals surface area contributed by atoms with Crippen LogP contribution in [0.15, 0.2) is 22.8 Å². The van der Waals surface area contributed by atoms with E-state index >= 15 is 0 Å². The van der Waals surface area contributed by atoms with E-state index in [1.807, 2.05) is 0 Å². The summed E-state index contributed by atoms with van der Waals surface area (Å²) in [5.74, 6) is -3.26. The van der Waals surface area contributed by atoms with E-state index in [0.29, 0.717) is 4.47 Å². The number of rotatable bonds is 2. The molecule has 0 spiro atoms. The largest absolute Gasteiger partial charge is 0.420 e. The minimum absolute atomic E-state index is 0.0354. The number of nitrogens with zero attached hydrogens (tertiary/aromatic N) is 1. The van der Waals surface area contributed by atoms with Gasteiger partial charge in [-0.05, 0) is 22.0 Å². The second kappa shape index (κ2) is 4.97. The van der Waals surface area contributed by atoms with Crippen LogP contribution in [-0.2, 0) is 4.79 Å². The molecule has 2 aromatic rings. The Kier molecular flexibility index (Phi) is 3.56. The molecule has 0 saturated carbocycles. The van der Waals surface area contributed by atoms with Crippen molar-refractivity contribution in [1.82, 2.24) is 4.98 Å². The quantitative estimate of drug-likeness (QED) is 0.628. The second-order valence-corrected chi connectivity index (χ2v) is 4.47. The van der Waals surface area contributed by atoms with Gasteiger partial charge in [0.05, 0.1) is 5.52 Å². The lowest BCUT2D eigenvalue weighted by atomic mass is 10.2. The first-order valence-corrected chi connectivity index (χ1v) is 5.96. The molecule has 1 aromatic heterocycles. The highest BCUT2D eigenvalue weighted by atomic mass is 79.9. The molecular formula is C12H8BrF2NO2. The molecule has 0 aliphatic carbocycles. The van der Waals surface area contributed by atoms with Crippen LogP contribution in [0.5, 0.6) is 5.75 Å². The zero-order valence-corrected chi connectivity index (χ0v) is 10.9. The van der Waals surface area contributed by atoms with E-state index in [1.165, 1.54) is 19.2 Å². The number of benzene rings is 1. The van der Waals surface area contributed by atoms with E-state index in [0.717, 1.165) is 6.07 Å². The van der Waals surface area contributed by atoms with Gasteiger partial charge in [-0.2, -0.15) is 0 Å². The van der Waals surface area contributed by atoms with Crippen molar-refractivity contribution in [2.24, 2.45) is 0 Å². The smallest absolute Gasteiger partial charge is 0.311 e. The number of ether oxygens (including phenoxy) is 1. The minimum Gasteiger partial charge on any atom is -0.420 e. The summed E-state index contributed by atoms with van der Waals surface area (Å²) in [4.78, 5) is 15.0. The zero-order chi connectivity index (χ0) is 13.3. The van der Waals surface area contributed by atoms with Gasteiger partial charge < -0.3 is 4.74 Å². The summed E-state index contributed by atoms with van der Waals surface area (Å²) in [5, 5.41) is 0.0877. The summed E-state index contributed by atoms with van der Waals surface area (Å²) < 4.78 is 32.8. The van der Waals surface area contributed by atoms with Gasteiger partial charge in [-0.15, -0.1) is 0 Å². The molecule has 18 heavy (non-hydrogen) atoms. The maximum atomic E-state index is 14.0. The number of carbonyl (C=O) groups excluding carboxylic acids is 1. The fraction of sp³-hybridized carbons (Fsp3) is 0.167. The topological polar surface area (TPSA) is 39.2 Å². The van der Waals surface area contributed by atoms with E-state index in [4.69, 9.17) is 0 Å². The SMILES string of the molecule is CCC(=O)Oc1c(F)cc2ncc(Br)cc2c1F. The number of esters is 1. The first-order valence-electron chi connectivity index (χ1n) is 5.17. The van der Waals surface area contributed by atoms with Gasteiger partial charge in [0, 0.05) is 28.5 Å². The third kappa shape index (κ3) is 2.33. The van der Waals surface area contributed by atoms with Crippen LogP contribution in [0.2, 0.25) is 0 Å². The van der Waals surface area contributed by atoms with Crippen LogP contribution in [-0.4, -0.2) is 11.0 Å². The number of hydrogen-bond donors (Lipinski definition) is 0. The first-order chi connectivity index (χ1) is 8.52. The zero-order valence-electron chi connectivity index (χ0n) is 9.34. The lowest BCUT2D eigenvalue weighted by molar-refractivity contribution is -0.134. The van der Waals surface area contributed by atoms with Crippen LogP contribution in [0.4, 0.5) is 8.78 Å². The molecule has 0 amide bonds. The molecule has 1 aromatic carbocycles. The molecule has 6 heteroatoms. The fourth-order valence-electron chi connectivity index (χ4n) is 1.43. The molecule has 0 radical (unpaired) electrons. The maximum Gasteiger partial charge on any atom is 0.311 e. The summed E-state index contributed by atoms with van der Waals surface area (Å²) in [7, 11) is 0. The standard InChI is InChI=1S/C12H8BrF2NO2/c1-2-10(17)18-12-8(14)4-9-7(11(12)15)3-6(13)5-16-9/h3-5H,2H2,1H3. The Morgan fingerprint density at radius 1 is 1.44 bits per heavy atom. The predicted molar refractivity (Wildman–Crippen MR) is 65.3 cm³/mol. The van der Waals surface area contributed by atoms with Crippen molar-refractivity contribution in [1.29, 1.82) is 0 Å². The van der Waals surface area contributed by atoms with Crippen molar-refractivity contribution in [3.05, 3.63) is 34.4 Å². The molecule has 0 aliphatic heterocycles. The van der Waals surface area contributed by atoms with Crippen molar-refractivity contribution in [3.8, 4) is 5.75 Å². The Morgan fingerprint density at radius 3 is 2.83 bits per heavy atom. The van der Waals surface area contributed by atoms with Gasteiger partial charge in [0.25, 0.3) is 0 Å². The second-order valence-electron chi connectivity index (χ2n) is 3.55. The Labute approximate surface area is 110 Å². The summed E-state index contributed by atoms with van der Waals surface area (Å²) >= 11 is 3.14. The highest BCUT2D eigenvalue weighted by Crippen LogP contribution is 2.30. The van der Waals surface area contributed by atoms with Crippen LogP contribution >= 0.6 is 15.9 Å². The monoisotopic (exact) mass is 315 g/mol. The van der Waals surface area contributed by atoms with Crippen molar-refractivity contribution in [2.45, 2.75) is 13.3 Å².